The number of hydrogen-bond acceptors (Lipinski definition) is 2. The van der Waals surface area contributed by atoms with Gasteiger partial charge in [-0.3, -0.25) is 0 Å². The molecule has 0 bridgehead atoms. The maximum atomic E-state index is 12.0. The first-order chi connectivity index (χ1) is 8.02. The van der Waals surface area contributed by atoms with Gasteiger partial charge >= 0.3 is 6.18 Å². The molecule has 1 fully saturated rings. The summed E-state index contributed by atoms with van der Waals surface area (Å²) in [6, 6.07) is 0.207. The average molecular weight is 267 g/mol. The van der Waals surface area contributed by atoms with Crippen LogP contribution in [-0.2, 0) is 4.74 Å². The maximum absolute atomic E-state index is 12.0. The van der Waals surface area contributed by atoms with E-state index in [-0.39, 0.29) is 23.7 Å². The molecule has 5 heteroatoms. The van der Waals surface area contributed by atoms with Crippen molar-refractivity contribution in [3.8, 4) is 0 Å². The van der Waals surface area contributed by atoms with Gasteiger partial charge in [-0.15, -0.1) is 0 Å². The van der Waals surface area contributed by atoms with Gasteiger partial charge in [0, 0.05) is 12.5 Å². The first-order valence-electron chi connectivity index (χ1n) is 6.52. The predicted octanol–water partition coefficient (Wildman–Crippen LogP) is 3.65. The van der Waals surface area contributed by atoms with E-state index in [4.69, 9.17) is 4.74 Å². The van der Waals surface area contributed by atoms with E-state index < -0.39 is 12.6 Å². The van der Waals surface area contributed by atoms with Crippen LogP contribution < -0.4 is 5.32 Å². The van der Waals surface area contributed by atoms with Crippen LogP contribution in [0.2, 0.25) is 0 Å². The van der Waals surface area contributed by atoms with E-state index >= 15 is 0 Å². The van der Waals surface area contributed by atoms with Crippen molar-refractivity contribution in [2.45, 2.75) is 76.8 Å². The first-order valence-corrected chi connectivity index (χ1v) is 6.52. The summed E-state index contributed by atoms with van der Waals surface area (Å²) in [6.45, 7) is 8.74. The Balaban J connectivity index is 2.24. The molecule has 1 aliphatic rings. The van der Waals surface area contributed by atoms with Gasteiger partial charge in [-0.1, -0.05) is 0 Å². The van der Waals surface area contributed by atoms with Crippen LogP contribution in [0.15, 0.2) is 0 Å². The molecule has 2 nitrogen and oxygen atoms in total. The molecule has 0 aromatic rings. The summed E-state index contributed by atoms with van der Waals surface area (Å²) in [4.78, 5) is 0. The largest absolute Gasteiger partial charge is 0.389 e. The fourth-order valence-corrected chi connectivity index (χ4v) is 2.61. The van der Waals surface area contributed by atoms with E-state index in [0.717, 1.165) is 6.42 Å². The summed E-state index contributed by atoms with van der Waals surface area (Å²) in [5.41, 5.74) is -0.416. The molecule has 0 spiro atoms. The number of nitrogens with one attached hydrogen (secondary N) is 1. The van der Waals surface area contributed by atoms with Crippen molar-refractivity contribution in [1.29, 1.82) is 0 Å². The lowest BCUT2D eigenvalue weighted by molar-refractivity contribution is -0.135. The van der Waals surface area contributed by atoms with Crippen molar-refractivity contribution in [2.75, 3.05) is 6.54 Å². The van der Waals surface area contributed by atoms with Crippen LogP contribution in [0.4, 0.5) is 13.2 Å². The number of halogens is 3. The second-order valence-electron chi connectivity index (χ2n) is 6.25. The Bertz CT molecular complexity index is 274. The van der Waals surface area contributed by atoms with Crippen LogP contribution in [0.1, 0.15) is 53.4 Å². The van der Waals surface area contributed by atoms with Gasteiger partial charge in [0.15, 0.2) is 0 Å². The minimum absolute atomic E-state index is 0.160. The molecule has 1 aliphatic heterocycles. The highest BCUT2D eigenvalue weighted by Crippen LogP contribution is 2.37. The van der Waals surface area contributed by atoms with E-state index in [1.54, 1.807) is 0 Å². The molecule has 0 amide bonds. The standard InChI is InChI=1S/C13H24F3NO/c1-11(2)9-10(12(3,4)18-11)17-8-6-5-7-13(14,15)16/h10,17H,5-9H2,1-4H3. The van der Waals surface area contributed by atoms with Crippen molar-refractivity contribution < 1.29 is 17.9 Å². The molecule has 1 heterocycles. The fraction of sp³-hybridized carbons (Fsp3) is 1.00. The lowest BCUT2D eigenvalue weighted by Crippen LogP contribution is -2.43. The molecule has 108 valence electrons. The fourth-order valence-electron chi connectivity index (χ4n) is 2.61. The normalized spacial score (nSPS) is 26.5. The molecule has 1 saturated heterocycles. The third-order valence-corrected chi connectivity index (χ3v) is 3.35. The first kappa shape index (κ1) is 15.8. The number of ether oxygens (including phenoxy) is 1. The van der Waals surface area contributed by atoms with Gasteiger partial charge in [0.05, 0.1) is 11.2 Å². The summed E-state index contributed by atoms with van der Waals surface area (Å²) in [6.07, 6.45) is -3.10. The lowest BCUT2D eigenvalue weighted by Gasteiger charge is -2.27. The van der Waals surface area contributed by atoms with Crippen LogP contribution in [0.3, 0.4) is 0 Å². The number of unbranched alkanes of at least 4 members (excludes halogenated alkanes) is 1. The highest BCUT2D eigenvalue weighted by molar-refractivity contribution is 4.98. The molecular formula is C13H24F3NO. The van der Waals surface area contributed by atoms with Gasteiger partial charge in [0.1, 0.15) is 0 Å². The van der Waals surface area contributed by atoms with Crippen LogP contribution in [0.25, 0.3) is 0 Å². The minimum atomic E-state index is -4.03. The van der Waals surface area contributed by atoms with Gasteiger partial charge in [-0.2, -0.15) is 13.2 Å². The van der Waals surface area contributed by atoms with E-state index in [1.807, 2.05) is 27.7 Å². The zero-order valence-corrected chi connectivity index (χ0v) is 11.7. The van der Waals surface area contributed by atoms with Crippen molar-refractivity contribution in [3.63, 3.8) is 0 Å². The molecule has 0 aromatic heterocycles. The summed E-state index contributed by atoms with van der Waals surface area (Å²) in [5.74, 6) is 0. The van der Waals surface area contributed by atoms with Crippen molar-refractivity contribution in [2.24, 2.45) is 0 Å². The van der Waals surface area contributed by atoms with Gasteiger partial charge in [0.25, 0.3) is 0 Å². The summed E-state index contributed by atoms with van der Waals surface area (Å²) in [7, 11) is 0. The Hall–Kier alpha value is -0.290. The molecule has 1 unspecified atom stereocenters. The summed E-state index contributed by atoms with van der Waals surface area (Å²) < 4.78 is 41.8. The van der Waals surface area contributed by atoms with Gasteiger partial charge in [-0.05, 0) is 53.5 Å². The zero-order valence-electron chi connectivity index (χ0n) is 11.7. The Morgan fingerprint density at radius 3 is 2.22 bits per heavy atom. The predicted molar refractivity (Wildman–Crippen MR) is 65.6 cm³/mol. The van der Waals surface area contributed by atoms with E-state index in [0.29, 0.717) is 13.0 Å². The smallest absolute Gasteiger partial charge is 0.368 e. The summed E-state index contributed by atoms with van der Waals surface area (Å²) in [5, 5.41) is 3.32. The Morgan fingerprint density at radius 1 is 1.17 bits per heavy atom. The lowest BCUT2D eigenvalue weighted by atomic mass is 9.94. The molecule has 1 atom stereocenters. The van der Waals surface area contributed by atoms with Crippen molar-refractivity contribution >= 4 is 0 Å². The van der Waals surface area contributed by atoms with Crippen LogP contribution in [0, 0.1) is 0 Å². The third kappa shape index (κ3) is 5.14. The average Bonchev–Trinajstić information content (AvgIpc) is 2.31. The molecule has 0 saturated carbocycles. The monoisotopic (exact) mass is 267 g/mol. The molecule has 18 heavy (non-hydrogen) atoms. The number of alkyl halides is 3. The molecule has 1 N–H and O–H groups in total. The topological polar surface area (TPSA) is 21.3 Å². The summed E-state index contributed by atoms with van der Waals surface area (Å²) >= 11 is 0. The van der Waals surface area contributed by atoms with Crippen LogP contribution in [0.5, 0.6) is 0 Å². The minimum Gasteiger partial charge on any atom is -0.368 e. The molecule has 0 radical (unpaired) electrons. The van der Waals surface area contributed by atoms with Crippen molar-refractivity contribution in [1.82, 2.24) is 5.32 Å². The maximum Gasteiger partial charge on any atom is 0.389 e. The van der Waals surface area contributed by atoms with Crippen LogP contribution in [-0.4, -0.2) is 30.0 Å². The van der Waals surface area contributed by atoms with Gasteiger partial charge in [-0.25, -0.2) is 0 Å². The number of hydrogen-bond donors (Lipinski definition) is 1. The Morgan fingerprint density at radius 2 is 1.78 bits per heavy atom. The SMILES string of the molecule is CC1(C)CC(NCCCCC(F)(F)F)C(C)(C)O1. The Kier molecular flexibility index (Phi) is 4.70. The molecule has 0 aliphatic carbocycles. The highest BCUT2D eigenvalue weighted by Gasteiger charge is 2.45. The van der Waals surface area contributed by atoms with Crippen LogP contribution >= 0.6 is 0 Å². The van der Waals surface area contributed by atoms with E-state index in [2.05, 4.69) is 5.32 Å². The van der Waals surface area contributed by atoms with E-state index in [1.165, 1.54) is 0 Å². The Labute approximate surface area is 107 Å². The molecule has 0 aromatic carbocycles. The quantitative estimate of drug-likeness (QED) is 0.768. The van der Waals surface area contributed by atoms with Crippen molar-refractivity contribution in [3.05, 3.63) is 0 Å². The van der Waals surface area contributed by atoms with Gasteiger partial charge < -0.3 is 10.1 Å². The van der Waals surface area contributed by atoms with Gasteiger partial charge in [0.2, 0.25) is 0 Å². The zero-order chi connectivity index (χ0) is 14.0. The van der Waals surface area contributed by atoms with E-state index in [9.17, 15) is 13.2 Å². The third-order valence-electron chi connectivity index (χ3n) is 3.35. The molecule has 1 rings (SSSR count). The highest BCUT2D eigenvalue weighted by atomic mass is 19.4. The number of rotatable bonds is 5. The second kappa shape index (κ2) is 5.37. The second-order valence-corrected chi connectivity index (χ2v) is 6.25. The molecular weight excluding hydrogens is 243 g/mol.